The van der Waals surface area contributed by atoms with E-state index in [1.807, 2.05) is 48.5 Å². The minimum absolute atomic E-state index is 0.0659. The topological polar surface area (TPSA) is 29.1 Å². The Morgan fingerprint density at radius 2 is 1.94 bits per heavy atom. The van der Waals surface area contributed by atoms with Gasteiger partial charge >= 0.3 is 0 Å². The van der Waals surface area contributed by atoms with E-state index in [2.05, 4.69) is 5.32 Å². The van der Waals surface area contributed by atoms with Crippen molar-refractivity contribution in [1.29, 1.82) is 0 Å². The number of carbonyl (C=O) groups excluding carboxylic acids is 1. The van der Waals surface area contributed by atoms with E-state index >= 15 is 0 Å². The van der Waals surface area contributed by atoms with Crippen LogP contribution in [0.5, 0.6) is 0 Å². The summed E-state index contributed by atoms with van der Waals surface area (Å²) in [6.45, 7) is 0. The molecule has 3 rings (SSSR count). The van der Waals surface area contributed by atoms with Crippen LogP contribution in [0.15, 0.2) is 48.5 Å². The van der Waals surface area contributed by atoms with Crippen LogP contribution in [-0.2, 0) is 11.2 Å². The van der Waals surface area contributed by atoms with Gasteiger partial charge in [-0.05, 0) is 35.7 Å². The summed E-state index contributed by atoms with van der Waals surface area (Å²) in [6.07, 6.45) is 0.684. The van der Waals surface area contributed by atoms with Crippen molar-refractivity contribution in [1.82, 2.24) is 0 Å². The first-order chi connectivity index (χ1) is 8.74. The van der Waals surface area contributed by atoms with Crippen molar-refractivity contribution in [3.8, 4) is 0 Å². The highest BCUT2D eigenvalue weighted by Gasteiger charge is 2.29. The molecule has 0 fully saturated rings. The normalized spacial score (nSPS) is 17.4. The monoisotopic (exact) mass is 257 g/mol. The average molecular weight is 258 g/mol. The van der Waals surface area contributed by atoms with Crippen LogP contribution >= 0.6 is 11.6 Å². The van der Waals surface area contributed by atoms with Gasteiger partial charge in [-0.15, -0.1) is 0 Å². The number of hydrogen-bond acceptors (Lipinski definition) is 1. The quantitative estimate of drug-likeness (QED) is 0.875. The van der Waals surface area contributed by atoms with Crippen LogP contribution in [0.2, 0.25) is 5.02 Å². The van der Waals surface area contributed by atoms with Crippen LogP contribution in [0.25, 0.3) is 0 Å². The summed E-state index contributed by atoms with van der Waals surface area (Å²) in [5.74, 6) is -0.0455. The van der Waals surface area contributed by atoms with Gasteiger partial charge in [0.05, 0.1) is 5.92 Å². The van der Waals surface area contributed by atoms with Gasteiger partial charge in [-0.3, -0.25) is 4.79 Å². The first kappa shape index (κ1) is 11.3. The highest BCUT2D eigenvalue weighted by atomic mass is 35.5. The number of amides is 1. The second-order valence-corrected chi connectivity index (χ2v) is 4.90. The molecule has 1 aliphatic rings. The van der Waals surface area contributed by atoms with Gasteiger partial charge in [0.25, 0.3) is 0 Å². The lowest BCUT2D eigenvalue weighted by Gasteiger charge is -2.09. The zero-order chi connectivity index (χ0) is 12.5. The van der Waals surface area contributed by atoms with Gasteiger partial charge in [-0.2, -0.15) is 0 Å². The minimum Gasteiger partial charge on any atom is -0.325 e. The van der Waals surface area contributed by atoms with Crippen molar-refractivity contribution in [2.75, 3.05) is 5.32 Å². The second kappa shape index (κ2) is 4.46. The molecule has 1 aliphatic heterocycles. The fourth-order valence-corrected chi connectivity index (χ4v) is 2.59. The SMILES string of the molecule is O=C1Nc2ccccc2[C@@H]1Cc1cccc(Cl)c1. The first-order valence-corrected chi connectivity index (χ1v) is 6.26. The summed E-state index contributed by atoms with van der Waals surface area (Å²) in [7, 11) is 0. The van der Waals surface area contributed by atoms with Gasteiger partial charge in [0.15, 0.2) is 0 Å². The van der Waals surface area contributed by atoms with Crippen LogP contribution in [0.1, 0.15) is 17.0 Å². The lowest BCUT2D eigenvalue weighted by Crippen LogP contribution is -2.14. The molecule has 1 amide bonds. The third kappa shape index (κ3) is 2.00. The van der Waals surface area contributed by atoms with E-state index in [-0.39, 0.29) is 11.8 Å². The molecule has 2 nitrogen and oxygen atoms in total. The third-order valence-corrected chi connectivity index (χ3v) is 3.47. The maximum atomic E-state index is 12.0. The van der Waals surface area contributed by atoms with Gasteiger partial charge in [-0.25, -0.2) is 0 Å². The highest BCUT2D eigenvalue weighted by Crippen LogP contribution is 2.34. The van der Waals surface area contributed by atoms with Crippen LogP contribution < -0.4 is 5.32 Å². The number of rotatable bonds is 2. The lowest BCUT2D eigenvalue weighted by atomic mass is 9.93. The second-order valence-electron chi connectivity index (χ2n) is 4.46. The number of benzene rings is 2. The Morgan fingerprint density at radius 3 is 2.78 bits per heavy atom. The van der Waals surface area contributed by atoms with Gasteiger partial charge in [-0.1, -0.05) is 41.9 Å². The third-order valence-electron chi connectivity index (χ3n) is 3.24. The molecule has 0 saturated carbocycles. The fourth-order valence-electron chi connectivity index (χ4n) is 2.38. The Labute approximate surface area is 111 Å². The van der Waals surface area contributed by atoms with E-state index < -0.39 is 0 Å². The van der Waals surface area contributed by atoms with Crippen molar-refractivity contribution in [2.45, 2.75) is 12.3 Å². The van der Waals surface area contributed by atoms with Gasteiger partial charge in [0, 0.05) is 10.7 Å². The predicted octanol–water partition coefficient (Wildman–Crippen LogP) is 3.62. The van der Waals surface area contributed by atoms with Crippen molar-refractivity contribution < 1.29 is 4.79 Å². The summed E-state index contributed by atoms with van der Waals surface area (Å²) >= 11 is 5.97. The molecule has 0 spiro atoms. The Balaban J connectivity index is 1.91. The molecule has 18 heavy (non-hydrogen) atoms. The molecule has 1 N–H and O–H groups in total. The largest absolute Gasteiger partial charge is 0.325 e. The number of hydrogen-bond donors (Lipinski definition) is 1. The molecule has 2 aromatic rings. The van der Waals surface area contributed by atoms with E-state index in [9.17, 15) is 4.79 Å². The summed E-state index contributed by atoms with van der Waals surface area (Å²) in [5.41, 5.74) is 3.08. The number of para-hydroxylation sites is 1. The molecule has 1 atom stereocenters. The molecule has 0 bridgehead atoms. The Morgan fingerprint density at radius 1 is 1.11 bits per heavy atom. The van der Waals surface area contributed by atoms with Crippen molar-refractivity contribution in [3.05, 3.63) is 64.7 Å². The molecule has 1 heterocycles. The molecule has 0 saturated heterocycles. The molecular formula is C15H12ClNO. The molecular weight excluding hydrogens is 246 g/mol. The molecule has 0 aliphatic carbocycles. The Kier molecular flexibility index (Phi) is 2.80. The van der Waals surface area contributed by atoms with Crippen LogP contribution in [-0.4, -0.2) is 5.91 Å². The van der Waals surface area contributed by atoms with E-state index in [1.165, 1.54) is 0 Å². The Bertz CT molecular complexity index is 609. The van der Waals surface area contributed by atoms with Crippen molar-refractivity contribution in [2.24, 2.45) is 0 Å². The number of fused-ring (bicyclic) bond motifs is 1. The maximum absolute atomic E-state index is 12.0. The smallest absolute Gasteiger partial charge is 0.232 e. The average Bonchev–Trinajstić information content (AvgIpc) is 2.66. The maximum Gasteiger partial charge on any atom is 0.232 e. The molecule has 90 valence electrons. The number of nitrogens with one attached hydrogen (secondary N) is 1. The van der Waals surface area contributed by atoms with Crippen molar-refractivity contribution >= 4 is 23.2 Å². The molecule has 3 heteroatoms. The van der Waals surface area contributed by atoms with Crippen molar-refractivity contribution in [3.63, 3.8) is 0 Å². The molecule has 2 aromatic carbocycles. The molecule has 0 radical (unpaired) electrons. The first-order valence-electron chi connectivity index (χ1n) is 5.88. The molecule has 0 aromatic heterocycles. The minimum atomic E-state index is -0.111. The fraction of sp³-hybridized carbons (Fsp3) is 0.133. The highest BCUT2D eigenvalue weighted by molar-refractivity contribution is 6.30. The zero-order valence-corrected chi connectivity index (χ0v) is 10.4. The number of halogens is 1. The van der Waals surface area contributed by atoms with E-state index in [0.717, 1.165) is 16.8 Å². The lowest BCUT2D eigenvalue weighted by molar-refractivity contribution is -0.117. The number of carbonyl (C=O) groups is 1. The van der Waals surface area contributed by atoms with E-state index in [1.54, 1.807) is 0 Å². The van der Waals surface area contributed by atoms with Gasteiger partial charge in [0.2, 0.25) is 5.91 Å². The van der Waals surface area contributed by atoms with E-state index in [0.29, 0.717) is 11.4 Å². The van der Waals surface area contributed by atoms with Crippen LogP contribution in [0, 0.1) is 0 Å². The van der Waals surface area contributed by atoms with Crippen LogP contribution in [0.4, 0.5) is 5.69 Å². The summed E-state index contributed by atoms with van der Waals surface area (Å²) in [6, 6.07) is 15.5. The number of anilines is 1. The van der Waals surface area contributed by atoms with Gasteiger partial charge < -0.3 is 5.32 Å². The zero-order valence-electron chi connectivity index (χ0n) is 9.69. The molecule has 0 unspecified atom stereocenters. The summed E-state index contributed by atoms with van der Waals surface area (Å²) in [5, 5.41) is 3.62. The summed E-state index contributed by atoms with van der Waals surface area (Å²) < 4.78 is 0. The standard InChI is InChI=1S/C15H12ClNO/c16-11-5-3-4-10(8-11)9-13-12-6-1-2-7-14(12)17-15(13)18/h1-8,13H,9H2,(H,17,18)/t13-/m0/s1. The van der Waals surface area contributed by atoms with Crippen LogP contribution in [0.3, 0.4) is 0 Å². The van der Waals surface area contributed by atoms with E-state index in [4.69, 9.17) is 11.6 Å². The predicted molar refractivity (Wildman–Crippen MR) is 73.0 cm³/mol. The Hall–Kier alpha value is -1.80. The van der Waals surface area contributed by atoms with Gasteiger partial charge in [0.1, 0.15) is 0 Å². The summed E-state index contributed by atoms with van der Waals surface area (Å²) in [4.78, 5) is 12.0.